The second-order valence-electron chi connectivity index (χ2n) is 9.91. The van der Waals surface area contributed by atoms with Crippen LogP contribution in [0, 0.1) is 0 Å². The zero-order valence-corrected chi connectivity index (χ0v) is 22.1. The van der Waals surface area contributed by atoms with Gasteiger partial charge in [0, 0.05) is 6.04 Å². The first kappa shape index (κ1) is 28.1. The lowest BCUT2D eigenvalue weighted by Crippen LogP contribution is -2.62. The van der Waals surface area contributed by atoms with Crippen molar-refractivity contribution >= 4 is 27.6 Å². The summed E-state index contributed by atoms with van der Waals surface area (Å²) in [6, 6.07) is 4.94. The van der Waals surface area contributed by atoms with Crippen LogP contribution in [-0.4, -0.2) is 50.7 Å². The number of nitrogens with one attached hydrogen (secondary N) is 3. The van der Waals surface area contributed by atoms with Gasteiger partial charge in [-0.2, -0.15) is 4.72 Å². The Kier molecular flexibility index (Phi) is 9.90. The maximum atomic E-state index is 13.6. The monoisotopic (exact) mass is 521 g/mol. The molecule has 3 rings (SSSR count). The van der Waals surface area contributed by atoms with Crippen LogP contribution in [0.25, 0.3) is 0 Å². The van der Waals surface area contributed by atoms with E-state index in [1.165, 1.54) is 19.2 Å². The Labute approximate surface area is 214 Å². The first-order chi connectivity index (χ1) is 17.2. The molecular formula is C26H39N3O6S. The molecule has 200 valence electrons. The molecule has 9 nitrogen and oxygen atoms in total. The lowest BCUT2D eigenvalue weighted by molar-refractivity contribution is -0.141. The molecule has 0 saturated heterocycles. The minimum atomic E-state index is -4.02. The first-order valence-electron chi connectivity index (χ1n) is 13.0. The van der Waals surface area contributed by atoms with Gasteiger partial charge < -0.3 is 15.4 Å². The van der Waals surface area contributed by atoms with Gasteiger partial charge in [0.25, 0.3) is 5.91 Å². The fraction of sp³-hybridized carbons (Fsp3) is 0.654. The largest absolute Gasteiger partial charge is 0.497 e. The predicted octanol–water partition coefficient (Wildman–Crippen LogP) is 2.98. The van der Waals surface area contributed by atoms with Crippen LogP contribution in [0.2, 0.25) is 0 Å². The Bertz CT molecular complexity index is 1010. The number of ether oxygens (including phenoxy) is 1. The number of carbonyl (C=O) groups is 3. The van der Waals surface area contributed by atoms with Crippen molar-refractivity contribution in [2.45, 2.75) is 106 Å². The second kappa shape index (κ2) is 12.7. The molecule has 2 aliphatic rings. The standard InChI is InChI=1S/C26H39N3O6S/c1-3-4-12-22(23(30)24(31)27-19-10-6-7-11-19)28-25(32)26(17-8-5-9-18-26)29-36(33,34)21-15-13-20(35-2)14-16-21/h13-16,19,22,29H,3-12,17-18H2,1-2H3,(H,27,31)(H,28,32). The number of hydrogen-bond acceptors (Lipinski definition) is 6. The predicted molar refractivity (Wildman–Crippen MR) is 136 cm³/mol. The number of carbonyl (C=O) groups excluding carboxylic acids is 3. The molecule has 3 N–H and O–H groups in total. The number of hydrogen-bond donors (Lipinski definition) is 3. The molecule has 0 spiro atoms. The SMILES string of the molecule is CCCCC(NC(=O)C1(NS(=O)(=O)c2ccc(OC)cc2)CCCCC1)C(=O)C(=O)NC1CCCC1. The Balaban J connectivity index is 1.79. The zero-order chi connectivity index (χ0) is 26.2. The van der Waals surface area contributed by atoms with Crippen molar-refractivity contribution in [2.24, 2.45) is 0 Å². The summed E-state index contributed by atoms with van der Waals surface area (Å²) in [5.41, 5.74) is -1.39. The highest BCUT2D eigenvalue weighted by molar-refractivity contribution is 7.89. The third-order valence-electron chi connectivity index (χ3n) is 7.22. The molecule has 0 aliphatic heterocycles. The van der Waals surface area contributed by atoms with E-state index in [2.05, 4.69) is 15.4 Å². The van der Waals surface area contributed by atoms with Gasteiger partial charge in [-0.05, 0) is 56.4 Å². The highest BCUT2D eigenvalue weighted by atomic mass is 32.2. The number of methoxy groups -OCH3 is 1. The summed E-state index contributed by atoms with van der Waals surface area (Å²) in [5.74, 6) is -1.39. The van der Waals surface area contributed by atoms with Gasteiger partial charge in [-0.25, -0.2) is 8.42 Å². The van der Waals surface area contributed by atoms with E-state index in [1.807, 2.05) is 6.92 Å². The second-order valence-corrected chi connectivity index (χ2v) is 11.6. The number of ketones is 1. The van der Waals surface area contributed by atoms with Gasteiger partial charge in [0.15, 0.2) is 0 Å². The summed E-state index contributed by atoms with van der Waals surface area (Å²) in [5, 5.41) is 5.57. The smallest absolute Gasteiger partial charge is 0.289 e. The van der Waals surface area contributed by atoms with Crippen LogP contribution in [0.15, 0.2) is 29.2 Å². The molecule has 0 radical (unpaired) electrons. The van der Waals surface area contributed by atoms with E-state index in [0.717, 1.165) is 38.5 Å². The maximum absolute atomic E-state index is 13.6. The lowest BCUT2D eigenvalue weighted by atomic mass is 9.81. The van der Waals surface area contributed by atoms with Crippen LogP contribution >= 0.6 is 0 Å². The van der Waals surface area contributed by atoms with E-state index in [1.54, 1.807) is 12.1 Å². The van der Waals surface area contributed by atoms with E-state index in [0.29, 0.717) is 44.3 Å². The van der Waals surface area contributed by atoms with Crippen molar-refractivity contribution in [1.29, 1.82) is 0 Å². The van der Waals surface area contributed by atoms with Crippen LogP contribution in [0.5, 0.6) is 5.75 Å². The number of Topliss-reactive ketones (excluding diaryl/α,β-unsaturated/α-hetero) is 1. The average molecular weight is 522 g/mol. The van der Waals surface area contributed by atoms with E-state index in [4.69, 9.17) is 4.74 Å². The van der Waals surface area contributed by atoms with Gasteiger partial charge in [0.1, 0.15) is 11.3 Å². The molecule has 36 heavy (non-hydrogen) atoms. The number of amides is 2. The summed E-state index contributed by atoms with van der Waals surface area (Å²) in [4.78, 5) is 39.4. The fourth-order valence-corrected chi connectivity index (χ4v) is 6.48. The molecule has 0 bridgehead atoms. The third-order valence-corrected chi connectivity index (χ3v) is 8.78. The van der Waals surface area contributed by atoms with Crippen molar-refractivity contribution < 1.29 is 27.5 Å². The normalized spacial score (nSPS) is 18.8. The van der Waals surface area contributed by atoms with Crippen molar-refractivity contribution in [2.75, 3.05) is 7.11 Å². The van der Waals surface area contributed by atoms with E-state index in [9.17, 15) is 22.8 Å². The first-order valence-corrected chi connectivity index (χ1v) is 14.5. The van der Waals surface area contributed by atoms with Crippen molar-refractivity contribution in [1.82, 2.24) is 15.4 Å². The van der Waals surface area contributed by atoms with Gasteiger partial charge in [-0.3, -0.25) is 14.4 Å². The molecule has 2 amide bonds. The number of sulfonamides is 1. The Hall–Kier alpha value is -2.46. The Morgan fingerprint density at radius 3 is 2.25 bits per heavy atom. The van der Waals surface area contributed by atoms with Crippen molar-refractivity contribution in [3.8, 4) is 5.75 Å². The van der Waals surface area contributed by atoms with E-state index >= 15 is 0 Å². The molecule has 10 heteroatoms. The van der Waals surface area contributed by atoms with Gasteiger partial charge in [0.05, 0.1) is 18.0 Å². The average Bonchev–Trinajstić information content (AvgIpc) is 3.39. The zero-order valence-electron chi connectivity index (χ0n) is 21.3. The van der Waals surface area contributed by atoms with Gasteiger partial charge in [0.2, 0.25) is 21.7 Å². The van der Waals surface area contributed by atoms with Crippen molar-refractivity contribution in [3.63, 3.8) is 0 Å². The molecule has 1 aromatic carbocycles. The highest BCUT2D eigenvalue weighted by Crippen LogP contribution is 2.31. The maximum Gasteiger partial charge on any atom is 0.289 e. The van der Waals surface area contributed by atoms with Gasteiger partial charge in [-0.1, -0.05) is 51.9 Å². The molecule has 1 unspecified atom stereocenters. The van der Waals surface area contributed by atoms with Crippen LogP contribution in [0.1, 0.15) is 84.0 Å². The molecule has 1 aromatic rings. The molecule has 1 atom stereocenters. The summed E-state index contributed by atoms with van der Waals surface area (Å²) in [6.45, 7) is 1.97. The highest BCUT2D eigenvalue weighted by Gasteiger charge is 2.44. The molecule has 0 aromatic heterocycles. The lowest BCUT2D eigenvalue weighted by Gasteiger charge is -2.37. The van der Waals surface area contributed by atoms with E-state index < -0.39 is 39.2 Å². The summed E-state index contributed by atoms with van der Waals surface area (Å²) < 4.78 is 34.2. The third kappa shape index (κ3) is 7.06. The summed E-state index contributed by atoms with van der Waals surface area (Å²) >= 11 is 0. The number of rotatable bonds is 12. The Morgan fingerprint density at radius 1 is 1.03 bits per heavy atom. The molecule has 0 heterocycles. The molecule has 2 fully saturated rings. The minimum absolute atomic E-state index is 0.00929. The van der Waals surface area contributed by atoms with Crippen molar-refractivity contribution in [3.05, 3.63) is 24.3 Å². The fourth-order valence-electron chi connectivity index (χ4n) is 5.06. The molecule has 2 aliphatic carbocycles. The molecular weight excluding hydrogens is 482 g/mol. The minimum Gasteiger partial charge on any atom is -0.497 e. The van der Waals surface area contributed by atoms with Crippen LogP contribution < -0.4 is 20.1 Å². The van der Waals surface area contributed by atoms with Gasteiger partial charge in [-0.15, -0.1) is 0 Å². The van der Waals surface area contributed by atoms with Gasteiger partial charge >= 0.3 is 0 Å². The number of unbranched alkanes of at least 4 members (excludes halogenated alkanes) is 1. The number of benzene rings is 1. The van der Waals surface area contributed by atoms with Crippen LogP contribution in [-0.2, 0) is 24.4 Å². The van der Waals surface area contributed by atoms with Crippen LogP contribution in [0.4, 0.5) is 0 Å². The topological polar surface area (TPSA) is 131 Å². The molecule has 2 saturated carbocycles. The quantitative estimate of drug-likeness (QED) is 0.363. The van der Waals surface area contributed by atoms with E-state index in [-0.39, 0.29) is 10.9 Å². The Morgan fingerprint density at radius 2 is 1.67 bits per heavy atom. The van der Waals surface area contributed by atoms with Crippen LogP contribution in [0.3, 0.4) is 0 Å². The summed E-state index contributed by atoms with van der Waals surface area (Å²) in [7, 11) is -2.53. The summed E-state index contributed by atoms with van der Waals surface area (Å²) in [6.07, 6.45) is 8.37.